The maximum atomic E-state index is 10.3. The molecule has 6 nitrogen and oxygen atoms in total. The summed E-state index contributed by atoms with van der Waals surface area (Å²) in [7, 11) is 0. The lowest BCUT2D eigenvalue weighted by atomic mass is 10.2. The average molecular weight is 396 g/mol. The van der Waals surface area contributed by atoms with Crippen LogP contribution in [0.2, 0.25) is 0 Å². The number of aliphatic hydroxyl groups is 1. The Morgan fingerprint density at radius 1 is 1.26 bits per heavy atom. The van der Waals surface area contributed by atoms with Gasteiger partial charge in [-0.15, -0.1) is 12.4 Å². The van der Waals surface area contributed by atoms with Crippen LogP contribution >= 0.6 is 12.4 Å². The van der Waals surface area contributed by atoms with Crippen molar-refractivity contribution in [2.24, 2.45) is 0 Å². The first-order chi connectivity index (χ1) is 12.6. The second-order valence-corrected chi connectivity index (χ2v) is 7.15. The summed E-state index contributed by atoms with van der Waals surface area (Å²) >= 11 is 0. The van der Waals surface area contributed by atoms with Gasteiger partial charge in [0.15, 0.2) is 0 Å². The van der Waals surface area contributed by atoms with Gasteiger partial charge in [0.2, 0.25) is 0 Å². The number of aryl methyl sites for hydroxylation is 2. The lowest BCUT2D eigenvalue weighted by molar-refractivity contribution is -0.0583. The first-order valence-electron chi connectivity index (χ1n) is 9.23. The molecule has 27 heavy (non-hydrogen) atoms. The van der Waals surface area contributed by atoms with Crippen molar-refractivity contribution in [1.82, 2.24) is 14.7 Å². The zero-order valence-corrected chi connectivity index (χ0v) is 16.9. The Kier molecular flexibility index (Phi) is 8.73. The van der Waals surface area contributed by atoms with Crippen LogP contribution in [0.1, 0.15) is 16.7 Å². The Morgan fingerprint density at radius 2 is 2.04 bits per heavy atom. The van der Waals surface area contributed by atoms with E-state index in [9.17, 15) is 5.11 Å². The number of ether oxygens (including phenoxy) is 2. The summed E-state index contributed by atoms with van der Waals surface area (Å²) in [5.74, 6) is 0. The van der Waals surface area contributed by atoms with E-state index < -0.39 is 6.10 Å². The Labute approximate surface area is 167 Å². The van der Waals surface area contributed by atoms with Gasteiger partial charge in [0, 0.05) is 25.8 Å². The highest BCUT2D eigenvalue weighted by Gasteiger charge is 2.23. The third-order valence-corrected chi connectivity index (χ3v) is 4.54. The van der Waals surface area contributed by atoms with Crippen LogP contribution < -0.4 is 0 Å². The molecule has 1 aromatic carbocycles. The number of halogens is 1. The second kappa shape index (κ2) is 10.8. The summed E-state index contributed by atoms with van der Waals surface area (Å²) in [4.78, 5) is 2.24. The summed E-state index contributed by atoms with van der Waals surface area (Å²) < 4.78 is 13.4. The van der Waals surface area contributed by atoms with E-state index in [-0.39, 0.29) is 18.5 Å². The topological polar surface area (TPSA) is 59.8 Å². The highest BCUT2D eigenvalue weighted by molar-refractivity contribution is 5.85. The minimum atomic E-state index is -0.494. The Bertz CT molecular complexity index is 677. The number of β-amino-alcohol motifs (C(OH)–C–C–N with tert-alkyl or cyclic N) is 1. The van der Waals surface area contributed by atoms with Crippen molar-refractivity contribution < 1.29 is 14.6 Å². The predicted molar refractivity (Wildman–Crippen MR) is 107 cm³/mol. The predicted octanol–water partition coefficient (Wildman–Crippen LogP) is 2.20. The van der Waals surface area contributed by atoms with Crippen LogP contribution in [-0.2, 0) is 22.6 Å². The van der Waals surface area contributed by atoms with Gasteiger partial charge in [0.25, 0.3) is 0 Å². The average Bonchev–Trinajstić information content (AvgIpc) is 3.02. The van der Waals surface area contributed by atoms with Gasteiger partial charge < -0.3 is 14.6 Å². The molecule has 0 radical (unpaired) electrons. The number of hydrogen-bond donors (Lipinski definition) is 1. The van der Waals surface area contributed by atoms with Gasteiger partial charge in [-0.25, -0.2) is 0 Å². The molecule has 1 N–H and O–H groups in total. The SMILES string of the molecule is Cc1ccc(COCC(O)CN2CCOC(Cn3cc(C)cn3)C2)cc1.Cl. The molecule has 150 valence electrons. The molecule has 1 saturated heterocycles. The van der Waals surface area contributed by atoms with Crippen LogP contribution in [0.5, 0.6) is 0 Å². The molecule has 0 aliphatic carbocycles. The molecule has 0 spiro atoms. The highest BCUT2D eigenvalue weighted by atomic mass is 35.5. The summed E-state index contributed by atoms with van der Waals surface area (Å²) in [6.45, 7) is 8.63. The number of aromatic nitrogens is 2. The van der Waals surface area contributed by atoms with Crippen molar-refractivity contribution in [2.45, 2.75) is 39.2 Å². The molecule has 1 aliphatic heterocycles. The molecular formula is C20H30ClN3O3. The standard InChI is InChI=1S/C20H29N3O3.ClH/c1-16-3-5-18(6-4-16)14-25-15-19(24)11-22-7-8-26-20(12-22)13-23-10-17(2)9-21-23;/h3-6,9-10,19-20,24H,7-8,11-15H2,1-2H3;1H. The summed E-state index contributed by atoms with van der Waals surface area (Å²) in [5.41, 5.74) is 3.52. The monoisotopic (exact) mass is 395 g/mol. The van der Waals surface area contributed by atoms with Crippen LogP contribution in [0.15, 0.2) is 36.7 Å². The van der Waals surface area contributed by atoms with Crippen molar-refractivity contribution in [2.75, 3.05) is 32.8 Å². The fraction of sp³-hybridized carbons (Fsp3) is 0.550. The molecule has 0 saturated carbocycles. The number of aliphatic hydroxyl groups excluding tert-OH is 1. The van der Waals surface area contributed by atoms with E-state index in [1.807, 2.05) is 24.0 Å². The second-order valence-electron chi connectivity index (χ2n) is 7.15. The fourth-order valence-corrected chi connectivity index (χ4v) is 3.18. The maximum Gasteiger partial charge on any atom is 0.0900 e. The molecule has 2 unspecified atom stereocenters. The molecule has 1 aliphatic rings. The van der Waals surface area contributed by atoms with Gasteiger partial charge in [-0.1, -0.05) is 29.8 Å². The minimum Gasteiger partial charge on any atom is -0.389 e. The largest absolute Gasteiger partial charge is 0.389 e. The van der Waals surface area contributed by atoms with Crippen molar-refractivity contribution in [3.8, 4) is 0 Å². The third kappa shape index (κ3) is 7.24. The van der Waals surface area contributed by atoms with Gasteiger partial charge in [-0.05, 0) is 25.0 Å². The van der Waals surface area contributed by atoms with Gasteiger partial charge in [-0.2, -0.15) is 5.10 Å². The van der Waals surface area contributed by atoms with Crippen molar-refractivity contribution in [3.05, 3.63) is 53.3 Å². The zero-order valence-electron chi connectivity index (χ0n) is 16.1. The van der Waals surface area contributed by atoms with Gasteiger partial charge in [-0.3, -0.25) is 9.58 Å². The van der Waals surface area contributed by atoms with E-state index >= 15 is 0 Å². The van der Waals surface area contributed by atoms with Crippen molar-refractivity contribution >= 4 is 12.4 Å². The van der Waals surface area contributed by atoms with Crippen molar-refractivity contribution in [3.63, 3.8) is 0 Å². The Balaban J connectivity index is 0.00000261. The molecule has 7 heteroatoms. The number of hydrogen-bond acceptors (Lipinski definition) is 5. The molecule has 1 fully saturated rings. The third-order valence-electron chi connectivity index (χ3n) is 4.54. The number of morpholine rings is 1. The maximum absolute atomic E-state index is 10.3. The van der Waals surface area contributed by atoms with E-state index in [2.05, 4.69) is 41.2 Å². The van der Waals surface area contributed by atoms with Crippen LogP contribution in [0.4, 0.5) is 0 Å². The van der Waals surface area contributed by atoms with E-state index in [1.165, 1.54) is 5.56 Å². The molecule has 3 rings (SSSR count). The minimum absolute atomic E-state index is 0. The smallest absolute Gasteiger partial charge is 0.0900 e. The molecule has 2 heterocycles. The van der Waals surface area contributed by atoms with Crippen LogP contribution in [0, 0.1) is 13.8 Å². The van der Waals surface area contributed by atoms with E-state index in [0.717, 1.165) is 30.8 Å². The summed E-state index contributed by atoms with van der Waals surface area (Å²) in [5, 5.41) is 14.6. The fourth-order valence-electron chi connectivity index (χ4n) is 3.18. The van der Waals surface area contributed by atoms with E-state index in [0.29, 0.717) is 26.4 Å². The van der Waals surface area contributed by atoms with E-state index in [4.69, 9.17) is 9.47 Å². The lowest BCUT2D eigenvalue weighted by Crippen LogP contribution is -2.47. The Hall–Kier alpha value is -1.44. The van der Waals surface area contributed by atoms with Gasteiger partial charge >= 0.3 is 0 Å². The molecule has 0 bridgehead atoms. The molecule has 2 atom stereocenters. The molecular weight excluding hydrogens is 366 g/mol. The highest BCUT2D eigenvalue weighted by Crippen LogP contribution is 2.10. The van der Waals surface area contributed by atoms with Crippen LogP contribution in [-0.4, -0.2) is 64.8 Å². The molecule has 2 aromatic rings. The Morgan fingerprint density at radius 3 is 2.74 bits per heavy atom. The van der Waals surface area contributed by atoms with Gasteiger partial charge in [0.1, 0.15) is 0 Å². The molecule has 1 aromatic heterocycles. The summed E-state index contributed by atoms with van der Waals surface area (Å²) in [6, 6.07) is 8.27. The first-order valence-corrected chi connectivity index (χ1v) is 9.23. The first kappa shape index (κ1) is 21.9. The van der Waals surface area contributed by atoms with Crippen LogP contribution in [0.3, 0.4) is 0 Å². The number of benzene rings is 1. The zero-order chi connectivity index (χ0) is 18.4. The summed E-state index contributed by atoms with van der Waals surface area (Å²) in [6.07, 6.45) is 3.49. The molecule has 0 amide bonds. The number of nitrogens with zero attached hydrogens (tertiary/aromatic N) is 3. The quantitative estimate of drug-likeness (QED) is 0.742. The van der Waals surface area contributed by atoms with Gasteiger partial charge in [0.05, 0.1) is 44.8 Å². The number of rotatable bonds is 8. The van der Waals surface area contributed by atoms with Crippen LogP contribution in [0.25, 0.3) is 0 Å². The lowest BCUT2D eigenvalue weighted by Gasteiger charge is -2.34. The van der Waals surface area contributed by atoms with E-state index in [1.54, 1.807) is 0 Å². The normalized spacial score (nSPS) is 18.9. The van der Waals surface area contributed by atoms with Crippen molar-refractivity contribution in [1.29, 1.82) is 0 Å².